The highest BCUT2D eigenvalue weighted by molar-refractivity contribution is 5.69. The second kappa shape index (κ2) is 9.14. The van der Waals surface area contributed by atoms with Crippen molar-refractivity contribution >= 4 is 29.2 Å². The summed E-state index contributed by atoms with van der Waals surface area (Å²) >= 11 is 0. The molecular formula is C22H18N6O. The van der Waals surface area contributed by atoms with Crippen molar-refractivity contribution in [2.75, 3.05) is 10.6 Å². The summed E-state index contributed by atoms with van der Waals surface area (Å²) in [5.74, 6) is 0.964. The summed E-state index contributed by atoms with van der Waals surface area (Å²) in [7, 11) is 0. The van der Waals surface area contributed by atoms with Crippen LogP contribution in [0.2, 0.25) is 0 Å². The van der Waals surface area contributed by atoms with Crippen molar-refractivity contribution in [3.8, 4) is 12.1 Å². The lowest BCUT2D eigenvalue weighted by atomic mass is 10.0. The first-order valence-electron chi connectivity index (χ1n) is 8.80. The molecule has 1 aromatic heterocycles. The highest BCUT2D eigenvalue weighted by Gasteiger charge is 2.09. The van der Waals surface area contributed by atoms with Crippen molar-refractivity contribution in [1.82, 2.24) is 9.97 Å². The van der Waals surface area contributed by atoms with Crippen LogP contribution < -0.4 is 10.6 Å². The van der Waals surface area contributed by atoms with Gasteiger partial charge in [0.15, 0.2) is 0 Å². The molecule has 3 N–H and O–H groups in total. The number of aryl methyl sites for hydroxylation is 1. The van der Waals surface area contributed by atoms with Crippen molar-refractivity contribution < 1.29 is 5.11 Å². The molecular weight excluding hydrogens is 364 g/mol. The zero-order chi connectivity index (χ0) is 20.6. The minimum absolute atomic E-state index is 0.154. The van der Waals surface area contributed by atoms with E-state index in [0.717, 1.165) is 22.5 Å². The second-order valence-corrected chi connectivity index (χ2v) is 6.20. The second-order valence-electron chi connectivity index (χ2n) is 6.20. The molecule has 0 saturated heterocycles. The third-order valence-electron chi connectivity index (χ3n) is 4.14. The molecule has 0 amide bonds. The van der Waals surface area contributed by atoms with Crippen LogP contribution in [0.4, 0.5) is 23.1 Å². The third-order valence-corrected chi connectivity index (χ3v) is 4.14. The fourth-order valence-corrected chi connectivity index (χ4v) is 2.80. The normalized spacial score (nSPS) is 10.3. The number of allylic oxidation sites excluding steroid dienone is 1. The lowest BCUT2D eigenvalue weighted by Crippen LogP contribution is -2.04. The first-order valence-corrected chi connectivity index (χ1v) is 8.80. The summed E-state index contributed by atoms with van der Waals surface area (Å²) in [5.41, 5.74) is 4.54. The van der Waals surface area contributed by atoms with Crippen LogP contribution in [0, 0.1) is 29.6 Å². The Morgan fingerprint density at radius 2 is 1.90 bits per heavy atom. The van der Waals surface area contributed by atoms with Gasteiger partial charge in [-0.1, -0.05) is 0 Å². The number of benzene rings is 2. The van der Waals surface area contributed by atoms with Crippen LogP contribution in [0.15, 0.2) is 54.7 Å². The average Bonchev–Trinajstić information content (AvgIpc) is 2.74. The number of rotatable bonds is 6. The van der Waals surface area contributed by atoms with Gasteiger partial charge in [0.25, 0.3) is 0 Å². The van der Waals surface area contributed by atoms with Gasteiger partial charge in [-0.2, -0.15) is 15.5 Å². The molecule has 2 aromatic carbocycles. The topological polar surface area (TPSA) is 118 Å². The van der Waals surface area contributed by atoms with Crippen molar-refractivity contribution in [2.24, 2.45) is 0 Å². The van der Waals surface area contributed by atoms with Crippen LogP contribution in [-0.2, 0) is 6.61 Å². The SMILES string of the molecule is Cc1cc(/C=C/C#N)cc(CO)c1Nc1ccnc(Nc2ccc(C#N)cc2)n1. The van der Waals surface area contributed by atoms with Crippen molar-refractivity contribution in [2.45, 2.75) is 13.5 Å². The third kappa shape index (κ3) is 4.95. The van der Waals surface area contributed by atoms with Gasteiger partial charge in [-0.15, -0.1) is 0 Å². The van der Waals surface area contributed by atoms with Crippen molar-refractivity contribution in [1.29, 1.82) is 10.5 Å². The van der Waals surface area contributed by atoms with Gasteiger partial charge in [0.05, 0.1) is 24.3 Å². The van der Waals surface area contributed by atoms with Gasteiger partial charge < -0.3 is 15.7 Å². The maximum atomic E-state index is 9.77. The smallest absolute Gasteiger partial charge is 0.229 e. The van der Waals surface area contributed by atoms with Crippen LogP contribution in [0.25, 0.3) is 6.08 Å². The highest BCUT2D eigenvalue weighted by atomic mass is 16.3. The number of anilines is 4. The van der Waals surface area contributed by atoms with Gasteiger partial charge in [0.2, 0.25) is 5.95 Å². The van der Waals surface area contributed by atoms with E-state index in [4.69, 9.17) is 10.5 Å². The Labute approximate surface area is 168 Å². The number of hydrogen-bond acceptors (Lipinski definition) is 7. The summed E-state index contributed by atoms with van der Waals surface area (Å²) < 4.78 is 0. The summed E-state index contributed by atoms with van der Waals surface area (Å²) in [6.07, 6.45) is 4.72. The molecule has 0 saturated carbocycles. The van der Waals surface area contributed by atoms with E-state index < -0.39 is 0 Å². The Morgan fingerprint density at radius 3 is 2.59 bits per heavy atom. The average molecular weight is 382 g/mol. The zero-order valence-corrected chi connectivity index (χ0v) is 15.7. The highest BCUT2D eigenvalue weighted by Crippen LogP contribution is 2.27. The van der Waals surface area contributed by atoms with Crippen molar-refractivity contribution in [3.63, 3.8) is 0 Å². The largest absolute Gasteiger partial charge is 0.392 e. The number of nitriles is 2. The van der Waals surface area contributed by atoms with E-state index in [2.05, 4.69) is 26.7 Å². The van der Waals surface area contributed by atoms with E-state index in [-0.39, 0.29) is 6.61 Å². The molecule has 7 heteroatoms. The molecule has 0 unspecified atom stereocenters. The first-order chi connectivity index (χ1) is 14.1. The number of nitrogens with one attached hydrogen (secondary N) is 2. The Bertz CT molecular complexity index is 1120. The minimum Gasteiger partial charge on any atom is -0.392 e. The minimum atomic E-state index is -0.154. The van der Waals surface area contributed by atoms with Crippen LogP contribution >= 0.6 is 0 Å². The Balaban J connectivity index is 1.83. The van der Waals surface area contributed by atoms with Gasteiger partial charge in [-0.05, 0) is 66.6 Å². The number of aliphatic hydroxyl groups is 1. The summed E-state index contributed by atoms with van der Waals surface area (Å²) in [6, 6.07) is 16.5. The molecule has 0 fully saturated rings. The number of aliphatic hydroxyl groups excluding tert-OH is 1. The summed E-state index contributed by atoms with van der Waals surface area (Å²) in [5, 5.41) is 33.7. The van der Waals surface area contributed by atoms with Gasteiger partial charge in [0, 0.05) is 29.2 Å². The van der Waals surface area contributed by atoms with E-state index in [0.29, 0.717) is 22.9 Å². The molecule has 0 bridgehead atoms. The Hall–Kier alpha value is -4.20. The van der Waals surface area contributed by atoms with Gasteiger partial charge in [-0.25, -0.2) is 4.98 Å². The number of hydrogen-bond donors (Lipinski definition) is 3. The van der Waals surface area contributed by atoms with E-state index in [1.165, 1.54) is 6.08 Å². The molecule has 1 heterocycles. The number of nitrogens with zero attached hydrogens (tertiary/aromatic N) is 4. The molecule has 142 valence electrons. The monoisotopic (exact) mass is 382 g/mol. The molecule has 0 atom stereocenters. The Kier molecular flexibility index (Phi) is 6.16. The molecule has 0 aliphatic heterocycles. The van der Waals surface area contributed by atoms with Crippen LogP contribution in [0.5, 0.6) is 0 Å². The molecule has 0 spiro atoms. The number of aromatic nitrogens is 2. The fourth-order valence-electron chi connectivity index (χ4n) is 2.80. The molecule has 3 rings (SSSR count). The zero-order valence-electron chi connectivity index (χ0n) is 15.7. The molecule has 29 heavy (non-hydrogen) atoms. The van der Waals surface area contributed by atoms with E-state index >= 15 is 0 Å². The molecule has 3 aromatic rings. The quantitative estimate of drug-likeness (QED) is 0.548. The van der Waals surface area contributed by atoms with Gasteiger partial charge in [-0.3, -0.25) is 0 Å². The molecule has 0 radical (unpaired) electrons. The van der Waals surface area contributed by atoms with E-state index in [9.17, 15) is 5.11 Å². The summed E-state index contributed by atoms with van der Waals surface area (Å²) in [6.45, 7) is 1.77. The Morgan fingerprint density at radius 1 is 1.10 bits per heavy atom. The van der Waals surface area contributed by atoms with Crippen LogP contribution in [0.3, 0.4) is 0 Å². The van der Waals surface area contributed by atoms with Crippen LogP contribution in [0.1, 0.15) is 22.3 Å². The van der Waals surface area contributed by atoms with Gasteiger partial charge >= 0.3 is 0 Å². The predicted octanol–water partition coefficient (Wildman–Crippen LogP) is 4.17. The standard InChI is InChI=1S/C22H18N6O/c1-15-11-17(3-2-9-23)12-18(14-29)21(15)27-20-8-10-25-22(28-20)26-19-6-4-16(13-24)5-7-19/h2-8,10-12,29H,14H2,1H3,(H2,25,26,27,28)/b3-2+. The maximum absolute atomic E-state index is 9.77. The van der Waals surface area contributed by atoms with Crippen LogP contribution in [-0.4, -0.2) is 15.1 Å². The van der Waals surface area contributed by atoms with E-state index in [1.807, 2.05) is 25.1 Å². The first kappa shape index (κ1) is 19.6. The van der Waals surface area contributed by atoms with E-state index in [1.54, 1.807) is 42.6 Å². The van der Waals surface area contributed by atoms with Gasteiger partial charge in [0.1, 0.15) is 5.82 Å². The lowest BCUT2D eigenvalue weighted by molar-refractivity contribution is 0.282. The molecule has 0 aliphatic carbocycles. The predicted molar refractivity (Wildman–Crippen MR) is 112 cm³/mol. The fraction of sp³-hybridized carbons (Fsp3) is 0.0909. The maximum Gasteiger partial charge on any atom is 0.229 e. The van der Waals surface area contributed by atoms with Crippen molar-refractivity contribution in [3.05, 3.63) is 77.0 Å². The lowest BCUT2D eigenvalue weighted by Gasteiger charge is -2.15. The molecule has 7 nitrogen and oxygen atoms in total. The molecule has 0 aliphatic rings. The summed E-state index contributed by atoms with van der Waals surface area (Å²) in [4.78, 5) is 8.67.